The van der Waals surface area contributed by atoms with Crippen molar-refractivity contribution >= 4 is 33.0 Å². The van der Waals surface area contributed by atoms with Crippen molar-refractivity contribution in [2.45, 2.75) is 23.7 Å². The third-order valence-corrected chi connectivity index (χ3v) is 8.38. The second-order valence-electron chi connectivity index (χ2n) is 7.55. The molecule has 29 heavy (non-hydrogen) atoms. The zero-order valence-corrected chi connectivity index (χ0v) is 17.7. The second kappa shape index (κ2) is 8.28. The highest BCUT2D eigenvalue weighted by atomic mass is 32.2. The minimum absolute atomic E-state index is 0.0335. The lowest BCUT2D eigenvalue weighted by atomic mass is 10.2. The van der Waals surface area contributed by atoms with Crippen molar-refractivity contribution in [3.63, 3.8) is 0 Å². The third kappa shape index (κ3) is 4.53. The van der Waals surface area contributed by atoms with Crippen LogP contribution in [0.4, 0.5) is 0 Å². The molecule has 1 saturated heterocycles. The fourth-order valence-corrected chi connectivity index (χ4v) is 5.98. The molecule has 2 aliphatic rings. The molecule has 1 aromatic carbocycles. The van der Waals surface area contributed by atoms with Crippen molar-refractivity contribution in [1.29, 1.82) is 0 Å². The van der Waals surface area contributed by atoms with E-state index in [-0.39, 0.29) is 34.8 Å². The Labute approximate surface area is 175 Å². The number of hydrogen-bond acceptors (Lipinski definition) is 5. The molecule has 0 spiro atoms. The number of rotatable bonds is 6. The molecule has 0 radical (unpaired) electrons. The van der Waals surface area contributed by atoms with Gasteiger partial charge in [0.05, 0.1) is 10.6 Å². The van der Waals surface area contributed by atoms with Crippen LogP contribution in [0.2, 0.25) is 0 Å². The predicted octanol–water partition coefficient (Wildman–Crippen LogP) is 2.39. The maximum absolute atomic E-state index is 12.7. The van der Waals surface area contributed by atoms with Crippen LogP contribution < -0.4 is 0 Å². The Morgan fingerprint density at radius 2 is 1.66 bits per heavy atom. The van der Waals surface area contributed by atoms with Crippen LogP contribution in [-0.2, 0) is 19.4 Å². The van der Waals surface area contributed by atoms with Crippen LogP contribution in [0, 0.1) is 5.92 Å². The number of hydrogen-bond donors (Lipinski definition) is 0. The summed E-state index contributed by atoms with van der Waals surface area (Å²) in [5, 5.41) is 2.04. The van der Waals surface area contributed by atoms with Crippen molar-refractivity contribution in [2.24, 2.45) is 5.92 Å². The SMILES string of the molecule is O=C(CCS(=O)(=O)c1ccccc1)N1CCN(C(=O)[C@@H]2C[C@H]2c2cccs2)CC1. The summed E-state index contributed by atoms with van der Waals surface area (Å²) in [6.45, 7) is 1.96. The molecule has 1 aromatic heterocycles. The molecule has 1 aliphatic carbocycles. The maximum Gasteiger partial charge on any atom is 0.226 e. The molecule has 2 aromatic rings. The number of thiophene rings is 1. The molecule has 1 aliphatic heterocycles. The minimum atomic E-state index is -3.46. The molecule has 8 heteroatoms. The molecule has 4 rings (SSSR count). The normalized spacial score (nSPS) is 21.8. The lowest BCUT2D eigenvalue weighted by molar-refractivity contribution is -0.140. The molecule has 0 bridgehead atoms. The number of carbonyl (C=O) groups excluding carboxylic acids is 2. The number of piperazine rings is 1. The van der Waals surface area contributed by atoms with E-state index in [1.54, 1.807) is 46.6 Å². The second-order valence-corrected chi connectivity index (χ2v) is 10.6. The molecule has 0 N–H and O–H groups in total. The highest BCUT2D eigenvalue weighted by Crippen LogP contribution is 2.50. The van der Waals surface area contributed by atoms with Crippen LogP contribution in [0.15, 0.2) is 52.7 Å². The molecule has 0 unspecified atom stereocenters. The van der Waals surface area contributed by atoms with Crippen LogP contribution in [0.3, 0.4) is 0 Å². The Kier molecular flexibility index (Phi) is 5.74. The van der Waals surface area contributed by atoms with Gasteiger partial charge in [0.25, 0.3) is 0 Å². The smallest absolute Gasteiger partial charge is 0.226 e. The van der Waals surface area contributed by atoms with Crippen molar-refractivity contribution in [1.82, 2.24) is 9.80 Å². The van der Waals surface area contributed by atoms with E-state index < -0.39 is 9.84 Å². The van der Waals surface area contributed by atoms with E-state index >= 15 is 0 Å². The third-order valence-electron chi connectivity index (χ3n) is 5.65. The molecular formula is C21H24N2O4S2. The van der Waals surface area contributed by atoms with Crippen LogP contribution in [0.25, 0.3) is 0 Å². The Hall–Kier alpha value is -2.19. The summed E-state index contributed by atoms with van der Waals surface area (Å²) >= 11 is 1.70. The summed E-state index contributed by atoms with van der Waals surface area (Å²) < 4.78 is 24.7. The fraction of sp³-hybridized carbons (Fsp3) is 0.429. The van der Waals surface area contributed by atoms with E-state index in [0.29, 0.717) is 32.1 Å². The molecule has 154 valence electrons. The summed E-state index contributed by atoms with van der Waals surface area (Å²) in [6, 6.07) is 12.3. The lowest BCUT2D eigenvalue weighted by Crippen LogP contribution is -2.51. The Morgan fingerprint density at radius 1 is 0.966 bits per heavy atom. The molecule has 2 atom stereocenters. The Bertz CT molecular complexity index is 965. The minimum Gasteiger partial charge on any atom is -0.339 e. The standard InChI is InChI=1S/C21H24N2O4S2/c24-20(8-14-29(26,27)16-5-2-1-3-6-16)22-9-11-23(12-10-22)21(25)18-15-17(18)19-7-4-13-28-19/h1-7,13,17-18H,8-12,14-15H2/t17-,18-/m1/s1. The van der Waals surface area contributed by atoms with Crippen LogP contribution in [0.1, 0.15) is 23.6 Å². The molecule has 1 saturated carbocycles. The lowest BCUT2D eigenvalue weighted by Gasteiger charge is -2.35. The summed E-state index contributed by atoms with van der Waals surface area (Å²) in [5.41, 5.74) is 0. The number of carbonyl (C=O) groups is 2. The van der Waals surface area contributed by atoms with Gasteiger partial charge in [-0.15, -0.1) is 11.3 Å². The van der Waals surface area contributed by atoms with Gasteiger partial charge in [0, 0.05) is 49.3 Å². The van der Waals surface area contributed by atoms with Gasteiger partial charge in [-0.25, -0.2) is 8.42 Å². The van der Waals surface area contributed by atoms with Crippen molar-refractivity contribution in [3.05, 3.63) is 52.7 Å². The van der Waals surface area contributed by atoms with Gasteiger partial charge in [0.1, 0.15) is 0 Å². The van der Waals surface area contributed by atoms with Gasteiger partial charge in [0.15, 0.2) is 9.84 Å². The van der Waals surface area contributed by atoms with E-state index in [9.17, 15) is 18.0 Å². The topological polar surface area (TPSA) is 74.8 Å². The molecule has 6 nitrogen and oxygen atoms in total. The number of benzene rings is 1. The van der Waals surface area contributed by atoms with Crippen LogP contribution in [-0.4, -0.2) is 62.0 Å². The summed E-state index contributed by atoms with van der Waals surface area (Å²) in [5.74, 6) is 0.249. The number of sulfone groups is 1. The Morgan fingerprint density at radius 3 is 2.31 bits per heavy atom. The van der Waals surface area contributed by atoms with Gasteiger partial charge in [-0.05, 0) is 30.0 Å². The predicted molar refractivity (Wildman–Crippen MR) is 111 cm³/mol. The number of nitrogens with zero attached hydrogens (tertiary/aromatic N) is 2. The average molecular weight is 433 g/mol. The summed E-state index contributed by atoms with van der Waals surface area (Å²) in [6.07, 6.45) is 0.879. The van der Waals surface area contributed by atoms with E-state index in [4.69, 9.17) is 0 Å². The monoisotopic (exact) mass is 432 g/mol. The first-order chi connectivity index (χ1) is 14.0. The van der Waals surface area contributed by atoms with E-state index in [2.05, 4.69) is 6.07 Å². The highest BCUT2D eigenvalue weighted by Gasteiger charge is 2.46. The largest absolute Gasteiger partial charge is 0.339 e. The van der Waals surface area contributed by atoms with E-state index in [1.165, 1.54) is 4.88 Å². The summed E-state index contributed by atoms with van der Waals surface area (Å²) in [7, 11) is -3.46. The van der Waals surface area contributed by atoms with Crippen molar-refractivity contribution in [2.75, 3.05) is 31.9 Å². The average Bonchev–Trinajstić information content (AvgIpc) is 3.36. The van der Waals surface area contributed by atoms with Gasteiger partial charge in [-0.1, -0.05) is 24.3 Å². The number of amides is 2. The zero-order chi connectivity index (χ0) is 20.4. The van der Waals surface area contributed by atoms with Gasteiger partial charge in [0.2, 0.25) is 11.8 Å². The highest BCUT2D eigenvalue weighted by molar-refractivity contribution is 7.91. The maximum atomic E-state index is 12.7. The first-order valence-electron chi connectivity index (χ1n) is 9.83. The van der Waals surface area contributed by atoms with E-state index in [1.807, 2.05) is 16.3 Å². The van der Waals surface area contributed by atoms with Crippen LogP contribution in [0.5, 0.6) is 0 Å². The molecule has 2 heterocycles. The van der Waals surface area contributed by atoms with Gasteiger partial charge >= 0.3 is 0 Å². The quantitative estimate of drug-likeness (QED) is 0.703. The summed E-state index contributed by atoms with van der Waals surface area (Å²) in [4.78, 5) is 30.2. The molecular weight excluding hydrogens is 408 g/mol. The van der Waals surface area contributed by atoms with Crippen molar-refractivity contribution in [3.8, 4) is 0 Å². The first-order valence-corrected chi connectivity index (χ1v) is 12.4. The first kappa shape index (κ1) is 20.1. The molecule has 2 amide bonds. The van der Waals surface area contributed by atoms with E-state index in [0.717, 1.165) is 6.42 Å². The van der Waals surface area contributed by atoms with Crippen LogP contribution >= 0.6 is 11.3 Å². The molecule has 2 fully saturated rings. The van der Waals surface area contributed by atoms with Gasteiger partial charge in [-0.2, -0.15) is 0 Å². The zero-order valence-electron chi connectivity index (χ0n) is 16.1. The van der Waals surface area contributed by atoms with Gasteiger partial charge < -0.3 is 9.80 Å². The van der Waals surface area contributed by atoms with Gasteiger partial charge in [-0.3, -0.25) is 9.59 Å². The Balaban J connectivity index is 1.24. The fourth-order valence-electron chi connectivity index (χ4n) is 3.82. The van der Waals surface area contributed by atoms with Crippen molar-refractivity contribution < 1.29 is 18.0 Å².